The number of nitrogens with zero attached hydrogens (tertiary/aromatic N) is 2. The van der Waals surface area contributed by atoms with E-state index in [0.717, 1.165) is 39.4 Å². The Morgan fingerprint density at radius 3 is 2.51 bits per heavy atom. The summed E-state index contributed by atoms with van der Waals surface area (Å²) >= 11 is 0.915. The SMILES string of the molecule is COC(=O)c1ccc(NC(=O)Cn2cc(/C=C3\SC(=O)N(Cc4cccc(C)c4)C3=O)c3ccccc32)cc1. The van der Waals surface area contributed by atoms with Gasteiger partial charge in [-0.2, -0.15) is 0 Å². The number of thioether (sulfide) groups is 1. The van der Waals surface area contributed by atoms with Crippen molar-refractivity contribution in [2.24, 2.45) is 0 Å². The molecule has 0 atom stereocenters. The molecule has 1 fully saturated rings. The smallest absolute Gasteiger partial charge is 0.337 e. The number of aromatic nitrogens is 1. The molecule has 1 N–H and O–H groups in total. The van der Waals surface area contributed by atoms with E-state index in [-0.39, 0.29) is 30.1 Å². The van der Waals surface area contributed by atoms with Gasteiger partial charge in [0.25, 0.3) is 11.1 Å². The molecular weight excluding hydrogens is 514 g/mol. The van der Waals surface area contributed by atoms with Crippen LogP contribution in [-0.2, 0) is 27.4 Å². The first-order chi connectivity index (χ1) is 18.8. The van der Waals surface area contributed by atoms with Crippen molar-refractivity contribution in [2.75, 3.05) is 12.4 Å². The summed E-state index contributed by atoms with van der Waals surface area (Å²) in [6.07, 6.45) is 3.52. The van der Waals surface area contributed by atoms with E-state index in [9.17, 15) is 19.2 Å². The second kappa shape index (κ2) is 11.0. The summed E-state index contributed by atoms with van der Waals surface area (Å²) in [6, 6.07) is 21.7. The largest absolute Gasteiger partial charge is 0.465 e. The number of methoxy groups -OCH3 is 1. The van der Waals surface area contributed by atoms with Gasteiger partial charge in [-0.15, -0.1) is 0 Å². The Morgan fingerprint density at radius 2 is 1.77 bits per heavy atom. The molecule has 1 aliphatic heterocycles. The number of imide groups is 1. The lowest BCUT2D eigenvalue weighted by Crippen LogP contribution is -2.27. The van der Waals surface area contributed by atoms with Crippen LogP contribution in [0.2, 0.25) is 0 Å². The number of hydrogen-bond donors (Lipinski definition) is 1. The highest BCUT2D eigenvalue weighted by atomic mass is 32.2. The average Bonchev–Trinajstić information content (AvgIpc) is 3.40. The van der Waals surface area contributed by atoms with E-state index in [0.29, 0.717) is 16.2 Å². The third kappa shape index (κ3) is 5.63. The minimum atomic E-state index is -0.452. The van der Waals surface area contributed by atoms with Gasteiger partial charge in [0, 0.05) is 28.4 Å². The van der Waals surface area contributed by atoms with Gasteiger partial charge in [0.05, 0.1) is 24.1 Å². The van der Waals surface area contributed by atoms with Crippen molar-refractivity contribution in [3.8, 4) is 0 Å². The summed E-state index contributed by atoms with van der Waals surface area (Å²) in [7, 11) is 1.31. The molecule has 0 unspecified atom stereocenters. The maximum absolute atomic E-state index is 13.1. The summed E-state index contributed by atoms with van der Waals surface area (Å²) < 4.78 is 6.50. The van der Waals surface area contributed by atoms with Gasteiger partial charge in [0.2, 0.25) is 5.91 Å². The summed E-state index contributed by atoms with van der Waals surface area (Å²) in [5.41, 5.74) is 4.44. The number of esters is 1. The first-order valence-electron chi connectivity index (χ1n) is 12.2. The monoisotopic (exact) mass is 539 g/mol. The van der Waals surface area contributed by atoms with Crippen molar-refractivity contribution < 1.29 is 23.9 Å². The third-order valence-corrected chi connectivity index (χ3v) is 7.21. The molecule has 1 aliphatic rings. The highest BCUT2D eigenvalue weighted by Gasteiger charge is 2.35. The van der Waals surface area contributed by atoms with Gasteiger partial charge < -0.3 is 14.6 Å². The lowest BCUT2D eigenvalue weighted by atomic mass is 10.1. The lowest BCUT2D eigenvalue weighted by Gasteiger charge is -2.12. The molecule has 2 heterocycles. The van der Waals surface area contributed by atoms with Crippen molar-refractivity contribution >= 4 is 57.5 Å². The van der Waals surface area contributed by atoms with Crippen LogP contribution >= 0.6 is 11.8 Å². The fourth-order valence-corrected chi connectivity index (χ4v) is 5.28. The summed E-state index contributed by atoms with van der Waals surface area (Å²) in [6.45, 7) is 2.21. The number of amides is 3. The number of carbonyl (C=O) groups is 4. The van der Waals surface area contributed by atoms with Crippen LogP contribution in [0.3, 0.4) is 0 Å². The number of nitrogens with one attached hydrogen (secondary N) is 1. The van der Waals surface area contributed by atoms with Crippen LogP contribution < -0.4 is 5.32 Å². The molecule has 1 aromatic heterocycles. The molecule has 196 valence electrons. The maximum Gasteiger partial charge on any atom is 0.337 e. The number of hydrogen-bond acceptors (Lipinski definition) is 6. The van der Waals surface area contributed by atoms with Crippen LogP contribution in [0, 0.1) is 6.92 Å². The Balaban J connectivity index is 1.35. The molecule has 39 heavy (non-hydrogen) atoms. The zero-order valence-corrected chi connectivity index (χ0v) is 22.2. The minimum absolute atomic E-state index is 0.0297. The second-order valence-electron chi connectivity index (χ2n) is 9.10. The van der Waals surface area contributed by atoms with Crippen LogP contribution in [0.1, 0.15) is 27.0 Å². The van der Waals surface area contributed by atoms with Crippen molar-refractivity contribution in [3.63, 3.8) is 0 Å². The number of aryl methyl sites for hydroxylation is 1. The fourth-order valence-electron chi connectivity index (χ4n) is 4.45. The Hall–Kier alpha value is -4.63. The van der Waals surface area contributed by atoms with Gasteiger partial charge >= 0.3 is 5.97 Å². The summed E-state index contributed by atoms with van der Waals surface area (Å²) in [5.74, 6) is -1.05. The number of rotatable bonds is 7. The molecular formula is C30H25N3O5S. The van der Waals surface area contributed by atoms with E-state index < -0.39 is 5.97 Å². The molecule has 0 spiro atoms. The Labute approximate surface area is 229 Å². The maximum atomic E-state index is 13.1. The predicted octanol–water partition coefficient (Wildman–Crippen LogP) is 5.61. The molecule has 0 radical (unpaired) electrons. The molecule has 0 aliphatic carbocycles. The molecule has 5 rings (SSSR count). The number of anilines is 1. The van der Waals surface area contributed by atoms with E-state index in [1.165, 1.54) is 12.0 Å². The van der Waals surface area contributed by atoms with E-state index in [1.807, 2.05) is 55.5 Å². The number of fused-ring (bicyclic) bond motifs is 1. The number of ether oxygens (including phenoxy) is 1. The quantitative estimate of drug-likeness (QED) is 0.242. The van der Waals surface area contributed by atoms with E-state index >= 15 is 0 Å². The molecule has 3 aromatic carbocycles. The Bertz CT molecular complexity index is 1640. The highest BCUT2D eigenvalue weighted by Crippen LogP contribution is 2.35. The predicted molar refractivity (Wildman–Crippen MR) is 151 cm³/mol. The minimum Gasteiger partial charge on any atom is -0.465 e. The van der Waals surface area contributed by atoms with Gasteiger partial charge in [0.1, 0.15) is 6.54 Å². The Morgan fingerprint density at radius 1 is 1.00 bits per heavy atom. The van der Waals surface area contributed by atoms with E-state index in [2.05, 4.69) is 5.32 Å². The topological polar surface area (TPSA) is 97.7 Å². The van der Waals surface area contributed by atoms with Gasteiger partial charge in [0.15, 0.2) is 0 Å². The van der Waals surface area contributed by atoms with Crippen molar-refractivity contribution in [3.05, 3.63) is 106 Å². The number of para-hydroxylation sites is 1. The first kappa shape index (κ1) is 26.0. The van der Waals surface area contributed by atoms with Crippen LogP contribution in [0.5, 0.6) is 0 Å². The number of carbonyl (C=O) groups excluding carboxylic acids is 4. The highest BCUT2D eigenvalue weighted by molar-refractivity contribution is 8.18. The average molecular weight is 540 g/mol. The van der Waals surface area contributed by atoms with Crippen molar-refractivity contribution in [1.29, 1.82) is 0 Å². The zero-order chi connectivity index (χ0) is 27.5. The van der Waals surface area contributed by atoms with Crippen molar-refractivity contribution in [2.45, 2.75) is 20.0 Å². The van der Waals surface area contributed by atoms with Gasteiger partial charge in [-0.25, -0.2) is 4.79 Å². The van der Waals surface area contributed by atoms with Crippen LogP contribution in [-0.4, -0.2) is 39.6 Å². The van der Waals surface area contributed by atoms with E-state index in [1.54, 1.807) is 41.1 Å². The number of benzene rings is 3. The van der Waals surface area contributed by atoms with Crippen LogP contribution in [0.15, 0.2) is 83.9 Å². The van der Waals surface area contributed by atoms with E-state index in [4.69, 9.17) is 4.74 Å². The lowest BCUT2D eigenvalue weighted by molar-refractivity contribution is -0.123. The standard InChI is InChI=1S/C30H25N3O5S/c1-19-6-5-7-20(14-19)16-33-28(35)26(39-30(33)37)15-22-17-32(25-9-4-3-8-24(22)25)18-27(34)31-23-12-10-21(11-13-23)29(36)38-2/h3-15,17H,16,18H2,1-2H3,(H,31,34)/b26-15-. The third-order valence-electron chi connectivity index (χ3n) is 6.31. The second-order valence-corrected chi connectivity index (χ2v) is 10.1. The summed E-state index contributed by atoms with van der Waals surface area (Å²) in [5, 5.41) is 3.38. The molecule has 9 heteroatoms. The first-order valence-corrected chi connectivity index (χ1v) is 13.0. The van der Waals surface area contributed by atoms with Crippen LogP contribution in [0.25, 0.3) is 17.0 Å². The van der Waals surface area contributed by atoms with Crippen LogP contribution in [0.4, 0.5) is 10.5 Å². The molecule has 3 amide bonds. The zero-order valence-electron chi connectivity index (χ0n) is 21.3. The Kier molecular flexibility index (Phi) is 7.33. The molecule has 0 saturated carbocycles. The fraction of sp³-hybridized carbons (Fsp3) is 0.133. The molecule has 1 saturated heterocycles. The van der Waals surface area contributed by atoms with Gasteiger partial charge in [-0.1, -0.05) is 48.0 Å². The normalized spacial score (nSPS) is 14.3. The van der Waals surface area contributed by atoms with Gasteiger partial charge in [-0.05, 0) is 60.7 Å². The summed E-state index contributed by atoms with van der Waals surface area (Å²) in [4.78, 5) is 51.9. The molecule has 8 nitrogen and oxygen atoms in total. The molecule has 4 aromatic rings. The van der Waals surface area contributed by atoms with Crippen molar-refractivity contribution in [1.82, 2.24) is 9.47 Å². The van der Waals surface area contributed by atoms with Gasteiger partial charge in [-0.3, -0.25) is 19.3 Å². The molecule has 0 bridgehead atoms.